The van der Waals surface area contributed by atoms with Gasteiger partial charge in [-0.2, -0.15) is 0 Å². The first-order chi connectivity index (χ1) is 6.68. The van der Waals surface area contributed by atoms with Crippen LogP contribution in [0.4, 0.5) is 0 Å². The normalized spacial score (nSPS) is 29.4. The second-order valence-electron chi connectivity index (χ2n) is 4.00. The maximum atomic E-state index is 6.13. The Kier molecular flexibility index (Phi) is 2.61. The van der Waals surface area contributed by atoms with Crippen molar-refractivity contribution in [2.45, 2.75) is 32.4 Å². The molecule has 0 bridgehead atoms. The van der Waals surface area contributed by atoms with Crippen LogP contribution in [0.25, 0.3) is 0 Å². The topological polar surface area (TPSA) is 48.4 Å². The molecule has 3 nitrogen and oxygen atoms in total. The Labute approximate surface area is 84.2 Å². The van der Waals surface area contributed by atoms with Crippen molar-refractivity contribution >= 4 is 0 Å². The number of nitrogens with two attached hydrogens (primary N) is 1. The van der Waals surface area contributed by atoms with E-state index >= 15 is 0 Å². The number of aryl methyl sites for hydroxylation is 1. The van der Waals surface area contributed by atoms with Gasteiger partial charge >= 0.3 is 0 Å². The maximum absolute atomic E-state index is 6.13. The minimum Gasteiger partial charge on any atom is -0.465 e. The van der Waals surface area contributed by atoms with Crippen LogP contribution in [0.3, 0.4) is 0 Å². The zero-order valence-electron chi connectivity index (χ0n) is 8.69. The van der Waals surface area contributed by atoms with Crippen LogP contribution in [0.5, 0.6) is 0 Å². The number of hydrogen-bond donors (Lipinski definition) is 1. The molecule has 2 heterocycles. The molecular formula is C11H17NO2. The van der Waals surface area contributed by atoms with Crippen molar-refractivity contribution < 1.29 is 9.15 Å². The van der Waals surface area contributed by atoms with Gasteiger partial charge in [-0.3, -0.25) is 0 Å². The van der Waals surface area contributed by atoms with Crippen LogP contribution < -0.4 is 5.73 Å². The van der Waals surface area contributed by atoms with E-state index in [1.54, 1.807) is 0 Å². The van der Waals surface area contributed by atoms with Crippen molar-refractivity contribution in [1.29, 1.82) is 0 Å². The number of rotatable bonds is 2. The quantitative estimate of drug-likeness (QED) is 0.785. The van der Waals surface area contributed by atoms with Gasteiger partial charge in [-0.15, -0.1) is 0 Å². The lowest BCUT2D eigenvalue weighted by Gasteiger charge is -2.19. The zero-order valence-corrected chi connectivity index (χ0v) is 8.69. The molecule has 3 atom stereocenters. The summed E-state index contributed by atoms with van der Waals surface area (Å²) in [4.78, 5) is 0. The van der Waals surface area contributed by atoms with E-state index in [2.05, 4.69) is 6.92 Å². The van der Waals surface area contributed by atoms with Gasteiger partial charge in [0, 0.05) is 12.5 Å². The van der Waals surface area contributed by atoms with Crippen molar-refractivity contribution in [3.63, 3.8) is 0 Å². The molecule has 14 heavy (non-hydrogen) atoms. The molecule has 2 N–H and O–H groups in total. The fraction of sp³-hybridized carbons (Fsp3) is 0.636. The van der Waals surface area contributed by atoms with Crippen LogP contribution in [0, 0.1) is 12.8 Å². The second-order valence-corrected chi connectivity index (χ2v) is 4.00. The first kappa shape index (κ1) is 9.74. The van der Waals surface area contributed by atoms with Crippen LogP contribution in [-0.2, 0) is 4.74 Å². The van der Waals surface area contributed by atoms with E-state index < -0.39 is 0 Å². The molecule has 3 unspecified atom stereocenters. The van der Waals surface area contributed by atoms with Gasteiger partial charge in [-0.1, -0.05) is 0 Å². The summed E-state index contributed by atoms with van der Waals surface area (Å²) in [5, 5.41) is 0. The third-order valence-corrected chi connectivity index (χ3v) is 2.99. The summed E-state index contributed by atoms with van der Waals surface area (Å²) in [6, 6.07) is 3.89. The summed E-state index contributed by atoms with van der Waals surface area (Å²) < 4.78 is 11.0. The molecule has 78 valence electrons. The Hall–Kier alpha value is -0.800. The molecule has 1 aliphatic rings. The van der Waals surface area contributed by atoms with E-state index in [1.165, 1.54) is 0 Å². The van der Waals surface area contributed by atoms with Gasteiger partial charge in [-0.25, -0.2) is 0 Å². The molecule has 0 spiro atoms. The van der Waals surface area contributed by atoms with E-state index in [-0.39, 0.29) is 12.1 Å². The minimum atomic E-state index is -0.0267. The van der Waals surface area contributed by atoms with Gasteiger partial charge in [-0.05, 0) is 32.4 Å². The Morgan fingerprint density at radius 1 is 1.50 bits per heavy atom. The predicted octanol–water partition coefficient (Wildman–Crippen LogP) is 2.01. The van der Waals surface area contributed by atoms with Crippen LogP contribution in [0.1, 0.15) is 30.9 Å². The monoisotopic (exact) mass is 195 g/mol. The van der Waals surface area contributed by atoms with Crippen molar-refractivity contribution in [3.8, 4) is 0 Å². The van der Waals surface area contributed by atoms with Gasteiger partial charge < -0.3 is 14.9 Å². The van der Waals surface area contributed by atoms with E-state index in [1.807, 2.05) is 19.1 Å². The summed E-state index contributed by atoms with van der Waals surface area (Å²) in [6.07, 6.45) is 1.28. The molecule has 0 aromatic carbocycles. The third kappa shape index (κ3) is 1.70. The van der Waals surface area contributed by atoms with Crippen molar-refractivity contribution in [2.24, 2.45) is 11.7 Å². The van der Waals surface area contributed by atoms with Gasteiger partial charge in [0.05, 0.1) is 12.1 Å². The molecule has 1 saturated heterocycles. The van der Waals surface area contributed by atoms with Gasteiger partial charge in [0.2, 0.25) is 0 Å². The fourth-order valence-corrected chi connectivity index (χ4v) is 2.06. The van der Waals surface area contributed by atoms with E-state index in [9.17, 15) is 0 Å². The molecule has 0 saturated carbocycles. The summed E-state index contributed by atoms with van der Waals surface area (Å²) >= 11 is 0. The first-order valence-electron chi connectivity index (χ1n) is 5.12. The van der Waals surface area contributed by atoms with Gasteiger partial charge in [0.1, 0.15) is 11.5 Å². The minimum absolute atomic E-state index is 0.0267. The third-order valence-electron chi connectivity index (χ3n) is 2.99. The molecule has 1 aliphatic heterocycles. The van der Waals surface area contributed by atoms with Crippen LogP contribution in [-0.4, -0.2) is 12.7 Å². The second kappa shape index (κ2) is 3.75. The largest absolute Gasteiger partial charge is 0.465 e. The number of hydrogen-bond acceptors (Lipinski definition) is 3. The van der Waals surface area contributed by atoms with Crippen LogP contribution >= 0.6 is 0 Å². The smallest absolute Gasteiger partial charge is 0.121 e. The highest BCUT2D eigenvalue weighted by Crippen LogP contribution is 2.32. The molecule has 0 amide bonds. The Morgan fingerprint density at radius 3 is 2.79 bits per heavy atom. The highest BCUT2D eigenvalue weighted by Gasteiger charge is 2.31. The summed E-state index contributed by atoms with van der Waals surface area (Å²) in [5.41, 5.74) is 6.13. The van der Waals surface area contributed by atoms with Crippen LogP contribution in [0.2, 0.25) is 0 Å². The summed E-state index contributed by atoms with van der Waals surface area (Å²) in [5.74, 6) is 2.19. The average molecular weight is 195 g/mol. The lowest BCUT2D eigenvalue weighted by molar-refractivity contribution is 0.0972. The molecule has 2 rings (SSSR count). The highest BCUT2D eigenvalue weighted by atomic mass is 16.5. The van der Waals surface area contributed by atoms with Gasteiger partial charge in [0.25, 0.3) is 0 Å². The van der Waals surface area contributed by atoms with Gasteiger partial charge in [0.15, 0.2) is 0 Å². The number of furan rings is 1. The molecule has 1 aromatic rings. The number of ether oxygens (including phenoxy) is 1. The summed E-state index contributed by atoms with van der Waals surface area (Å²) in [6.45, 7) is 4.83. The van der Waals surface area contributed by atoms with Crippen molar-refractivity contribution in [1.82, 2.24) is 0 Å². The zero-order chi connectivity index (χ0) is 10.1. The fourth-order valence-electron chi connectivity index (χ4n) is 2.06. The molecule has 1 fully saturated rings. The lowest BCUT2D eigenvalue weighted by atomic mass is 9.92. The molecule has 0 aliphatic carbocycles. The molecular weight excluding hydrogens is 178 g/mol. The highest BCUT2D eigenvalue weighted by molar-refractivity contribution is 5.11. The van der Waals surface area contributed by atoms with Crippen LogP contribution in [0.15, 0.2) is 16.5 Å². The SMILES string of the molecule is Cc1ccc(C(N)C2CCOC2C)o1. The Morgan fingerprint density at radius 2 is 2.29 bits per heavy atom. The van der Waals surface area contributed by atoms with Crippen molar-refractivity contribution in [3.05, 3.63) is 23.7 Å². The lowest BCUT2D eigenvalue weighted by Crippen LogP contribution is -2.26. The standard InChI is InChI=1S/C11H17NO2/c1-7-3-4-10(14-7)11(12)9-5-6-13-8(9)2/h3-4,8-9,11H,5-6,12H2,1-2H3. The molecule has 3 heteroatoms. The average Bonchev–Trinajstić information content (AvgIpc) is 2.73. The van der Waals surface area contributed by atoms with E-state index in [0.717, 1.165) is 24.5 Å². The van der Waals surface area contributed by atoms with E-state index in [0.29, 0.717) is 5.92 Å². The molecule has 0 radical (unpaired) electrons. The molecule has 1 aromatic heterocycles. The summed E-state index contributed by atoms with van der Waals surface area (Å²) in [7, 11) is 0. The predicted molar refractivity (Wildman–Crippen MR) is 53.9 cm³/mol. The maximum Gasteiger partial charge on any atom is 0.121 e. The Bertz CT molecular complexity index is 308. The van der Waals surface area contributed by atoms with Crippen molar-refractivity contribution in [2.75, 3.05) is 6.61 Å². The van der Waals surface area contributed by atoms with E-state index in [4.69, 9.17) is 14.9 Å². The Balaban J connectivity index is 2.11. The first-order valence-corrected chi connectivity index (χ1v) is 5.12.